The molecule has 0 fully saturated rings. The van der Waals surface area contributed by atoms with Crippen LogP contribution in [0.1, 0.15) is 465 Å². The lowest BCUT2D eigenvalue weighted by molar-refractivity contribution is -0.161. The van der Waals surface area contributed by atoms with Crippen molar-refractivity contribution in [2.24, 2.45) is 5.92 Å². The normalized spacial score (nSPS) is 14.0. The summed E-state index contributed by atoms with van der Waals surface area (Å²) in [6.07, 6.45) is 72.0. The molecule has 6 atom stereocenters. The van der Waals surface area contributed by atoms with Crippen LogP contribution in [0.25, 0.3) is 0 Å². The number of carbonyl (C=O) groups excluding carboxylic acids is 4. The van der Waals surface area contributed by atoms with Crippen LogP contribution in [0.4, 0.5) is 0 Å². The molecule has 17 nitrogen and oxygen atoms in total. The summed E-state index contributed by atoms with van der Waals surface area (Å²) in [4.78, 5) is 73.2. The largest absolute Gasteiger partial charge is 0.472 e. The van der Waals surface area contributed by atoms with Gasteiger partial charge in [-0.2, -0.15) is 0 Å². The van der Waals surface area contributed by atoms with Gasteiger partial charge >= 0.3 is 39.5 Å². The number of aliphatic hydroxyl groups is 1. The van der Waals surface area contributed by atoms with Gasteiger partial charge in [-0.25, -0.2) is 9.13 Å². The molecule has 3 unspecified atom stereocenters. The minimum atomic E-state index is -4.97. The van der Waals surface area contributed by atoms with Gasteiger partial charge in [-0.3, -0.25) is 37.3 Å². The van der Waals surface area contributed by atoms with Crippen LogP contribution in [0, 0.1) is 5.92 Å². The summed E-state index contributed by atoms with van der Waals surface area (Å²) in [5.41, 5.74) is 0. The van der Waals surface area contributed by atoms with Gasteiger partial charge in [-0.05, 0) is 31.6 Å². The van der Waals surface area contributed by atoms with Crippen LogP contribution in [0.5, 0.6) is 0 Å². The number of carbonyl (C=O) groups is 4. The molecule has 0 aliphatic rings. The van der Waals surface area contributed by atoms with Crippen LogP contribution < -0.4 is 0 Å². The molecule has 0 aromatic carbocycles. The zero-order chi connectivity index (χ0) is 76.9. The fourth-order valence-electron chi connectivity index (χ4n) is 13.4. The Kier molecular flexibility index (Phi) is 77.3. The first-order valence-electron chi connectivity index (χ1n) is 44.7. The molecule has 0 saturated heterocycles. The molecule has 0 bridgehead atoms. The van der Waals surface area contributed by atoms with Crippen LogP contribution in [-0.4, -0.2) is 96.7 Å². The van der Waals surface area contributed by atoms with Gasteiger partial charge in [-0.15, -0.1) is 0 Å². The first-order chi connectivity index (χ1) is 51.1. The summed E-state index contributed by atoms with van der Waals surface area (Å²) in [7, 11) is -9.93. The predicted molar refractivity (Wildman–Crippen MR) is 432 cm³/mol. The van der Waals surface area contributed by atoms with Gasteiger partial charge in [0.1, 0.15) is 19.3 Å². The Hall–Kier alpha value is -1.94. The van der Waals surface area contributed by atoms with Crippen molar-refractivity contribution in [1.29, 1.82) is 0 Å². The van der Waals surface area contributed by atoms with E-state index in [0.717, 1.165) is 95.8 Å². The fraction of sp³-hybridized carbons (Fsp3) is 0.953. The smallest absolute Gasteiger partial charge is 0.462 e. The fourth-order valence-corrected chi connectivity index (χ4v) is 15.0. The van der Waals surface area contributed by atoms with Crippen LogP contribution in [-0.2, 0) is 65.4 Å². The van der Waals surface area contributed by atoms with Crippen molar-refractivity contribution in [2.75, 3.05) is 39.6 Å². The maximum Gasteiger partial charge on any atom is 0.472 e. The zero-order valence-corrected chi connectivity index (χ0v) is 70.7. The van der Waals surface area contributed by atoms with E-state index in [4.69, 9.17) is 37.0 Å². The second kappa shape index (κ2) is 78.7. The number of hydrogen-bond donors (Lipinski definition) is 3. The van der Waals surface area contributed by atoms with Crippen LogP contribution in [0.3, 0.4) is 0 Å². The SMILES string of the molecule is CCCCCCCCCCCCCCCCCCCCCCC(=O)O[C@H](COC(=O)CCCCCCCCCCCCCCCCC(C)CC)COP(=O)(O)OC[C@@H](O)COP(=O)(O)OC[C@@H](COC(=O)CCCCCCCCCCCCC)OC(=O)CCCCCCCCCCCCCCCCCC. The molecular weight excluding hydrogens is 1370 g/mol. The van der Waals surface area contributed by atoms with Gasteiger partial charge in [0, 0.05) is 25.7 Å². The Morgan fingerprint density at radius 2 is 0.457 bits per heavy atom. The topological polar surface area (TPSA) is 237 Å². The lowest BCUT2D eigenvalue weighted by atomic mass is 9.99. The van der Waals surface area contributed by atoms with E-state index in [0.29, 0.717) is 25.7 Å². The molecular formula is C86H168O17P2. The van der Waals surface area contributed by atoms with Crippen LogP contribution >= 0.6 is 15.6 Å². The number of phosphoric ester groups is 2. The highest BCUT2D eigenvalue weighted by Crippen LogP contribution is 2.45. The monoisotopic (exact) mass is 1540 g/mol. The van der Waals surface area contributed by atoms with Crippen molar-refractivity contribution in [3.05, 3.63) is 0 Å². The van der Waals surface area contributed by atoms with Gasteiger partial charge in [0.2, 0.25) is 0 Å². The number of rotatable bonds is 86. The molecule has 0 aromatic rings. The van der Waals surface area contributed by atoms with Gasteiger partial charge in [0.05, 0.1) is 26.4 Å². The maximum absolute atomic E-state index is 13.1. The van der Waals surface area contributed by atoms with Crippen molar-refractivity contribution >= 4 is 39.5 Å². The molecule has 0 aliphatic heterocycles. The highest BCUT2D eigenvalue weighted by molar-refractivity contribution is 7.47. The molecule has 0 spiro atoms. The third kappa shape index (κ3) is 78.5. The quantitative estimate of drug-likeness (QED) is 0.0222. The first-order valence-corrected chi connectivity index (χ1v) is 47.7. The number of phosphoric acid groups is 2. The van der Waals surface area contributed by atoms with E-state index in [2.05, 4.69) is 34.6 Å². The maximum atomic E-state index is 13.1. The summed E-state index contributed by atoms with van der Waals surface area (Å²) in [6.45, 7) is 7.42. The van der Waals surface area contributed by atoms with Crippen molar-refractivity contribution in [3.8, 4) is 0 Å². The van der Waals surface area contributed by atoms with Crippen LogP contribution in [0.15, 0.2) is 0 Å². The zero-order valence-electron chi connectivity index (χ0n) is 68.9. The Bertz CT molecular complexity index is 2000. The molecule has 0 saturated carbocycles. The van der Waals surface area contributed by atoms with E-state index < -0.39 is 97.5 Å². The summed E-state index contributed by atoms with van der Waals surface area (Å²) >= 11 is 0. The summed E-state index contributed by atoms with van der Waals surface area (Å²) < 4.78 is 68.9. The number of unbranched alkanes of at least 4 members (excludes halogenated alkanes) is 57. The molecule has 0 heterocycles. The highest BCUT2D eigenvalue weighted by Gasteiger charge is 2.30. The minimum Gasteiger partial charge on any atom is -0.462 e. The Labute approximate surface area is 645 Å². The van der Waals surface area contributed by atoms with E-state index in [1.807, 2.05) is 0 Å². The van der Waals surface area contributed by atoms with Crippen molar-refractivity contribution in [2.45, 2.75) is 483 Å². The lowest BCUT2D eigenvalue weighted by Crippen LogP contribution is -2.30. The molecule has 105 heavy (non-hydrogen) atoms. The van der Waals surface area contributed by atoms with E-state index in [9.17, 15) is 43.2 Å². The third-order valence-electron chi connectivity index (χ3n) is 20.6. The lowest BCUT2D eigenvalue weighted by Gasteiger charge is -2.21. The van der Waals surface area contributed by atoms with E-state index in [-0.39, 0.29) is 25.7 Å². The van der Waals surface area contributed by atoms with Crippen molar-refractivity contribution in [1.82, 2.24) is 0 Å². The number of ether oxygens (including phenoxy) is 4. The summed E-state index contributed by atoms with van der Waals surface area (Å²) in [5, 5.41) is 10.7. The molecule has 0 aromatic heterocycles. The third-order valence-corrected chi connectivity index (χ3v) is 22.5. The minimum absolute atomic E-state index is 0.109. The molecule has 0 radical (unpaired) electrons. The average molecular weight is 1540 g/mol. The second-order valence-corrected chi connectivity index (χ2v) is 34.1. The first kappa shape index (κ1) is 103. The summed E-state index contributed by atoms with van der Waals surface area (Å²) in [5.74, 6) is -1.25. The highest BCUT2D eigenvalue weighted by atomic mass is 31.2. The summed E-state index contributed by atoms with van der Waals surface area (Å²) in [6, 6.07) is 0. The van der Waals surface area contributed by atoms with E-state index in [1.165, 1.54) is 289 Å². The molecule has 624 valence electrons. The second-order valence-electron chi connectivity index (χ2n) is 31.2. The number of hydrogen-bond acceptors (Lipinski definition) is 15. The van der Waals surface area contributed by atoms with Gasteiger partial charge in [0.25, 0.3) is 0 Å². The van der Waals surface area contributed by atoms with Gasteiger partial charge in [-0.1, -0.05) is 413 Å². The van der Waals surface area contributed by atoms with Crippen molar-refractivity contribution in [3.63, 3.8) is 0 Å². The van der Waals surface area contributed by atoms with Crippen molar-refractivity contribution < 1.29 is 80.2 Å². The van der Waals surface area contributed by atoms with E-state index in [1.54, 1.807) is 0 Å². The van der Waals surface area contributed by atoms with Gasteiger partial charge in [0.15, 0.2) is 12.2 Å². The van der Waals surface area contributed by atoms with Crippen LogP contribution in [0.2, 0.25) is 0 Å². The Balaban J connectivity index is 5.24. The molecule has 0 amide bonds. The predicted octanol–water partition coefficient (Wildman–Crippen LogP) is 26.4. The Morgan fingerprint density at radius 1 is 0.267 bits per heavy atom. The standard InChI is InChI=1S/C86H168O17P2/c1-6-10-13-16-19-22-25-27-29-31-32-33-34-36-42-47-52-57-62-67-72-86(91)103-82(76-97-84(89)70-65-60-55-50-45-40-38-37-39-44-48-53-58-63-68-79(5)9-4)78-101-105(94,95)99-74-80(87)73-98-104(92,93)100-77-81(75-96-83(88)69-64-59-54-49-43-24-21-18-15-12-8-3)102-85(90)71-66-61-56-51-46-41-35-30-28-26-23-20-17-14-11-7-2/h79-82,87H,6-78H2,1-5H3,(H,92,93)(H,94,95)/t79?,80-,81+,82+/m0/s1. The molecule has 3 N–H and O–H groups in total. The Morgan fingerprint density at radius 3 is 0.676 bits per heavy atom. The molecule has 19 heteroatoms. The average Bonchev–Trinajstić information content (AvgIpc) is 0.926. The molecule has 0 rings (SSSR count). The van der Waals surface area contributed by atoms with E-state index >= 15 is 0 Å². The van der Waals surface area contributed by atoms with Gasteiger partial charge < -0.3 is 33.8 Å². The number of aliphatic hydroxyl groups excluding tert-OH is 1. The molecule has 0 aliphatic carbocycles. The number of esters is 4.